The summed E-state index contributed by atoms with van der Waals surface area (Å²) in [5.74, 6) is 0.643. The van der Waals surface area contributed by atoms with Gasteiger partial charge in [0.15, 0.2) is 0 Å². The number of aromatic nitrogens is 2. The van der Waals surface area contributed by atoms with E-state index in [9.17, 15) is 9.90 Å². The van der Waals surface area contributed by atoms with Crippen molar-refractivity contribution in [2.45, 2.75) is 13.0 Å². The fourth-order valence-corrected chi connectivity index (χ4v) is 4.03. The van der Waals surface area contributed by atoms with Crippen LogP contribution in [0.4, 0.5) is 0 Å². The normalized spacial score (nSPS) is 17.6. The predicted molar refractivity (Wildman–Crippen MR) is 100 cm³/mol. The number of thiophene rings is 1. The first-order valence-electron chi connectivity index (χ1n) is 8.49. The Hall–Kier alpha value is -2.35. The third-order valence-corrected chi connectivity index (χ3v) is 5.43. The Morgan fingerprint density at radius 1 is 1.31 bits per heavy atom. The van der Waals surface area contributed by atoms with Gasteiger partial charge in [0.1, 0.15) is 5.82 Å². The number of carbonyl (C=O) groups is 1. The number of hydrogen-bond acceptors (Lipinski definition) is 6. The number of morpholine rings is 1. The van der Waals surface area contributed by atoms with Gasteiger partial charge in [0.25, 0.3) is 5.91 Å². The number of aryl methyl sites for hydroxylation is 1. The van der Waals surface area contributed by atoms with Crippen molar-refractivity contribution in [3.63, 3.8) is 0 Å². The molecule has 1 aromatic carbocycles. The Labute approximate surface area is 155 Å². The average Bonchev–Trinajstić information content (AvgIpc) is 3.15. The highest BCUT2D eigenvalue weighted by atomic mass is 32.1. The molecule has 1 saturated heterocycles. The maximum absolute atomic E-state index is 12.8. The molecule has 134 valence electrons. The van der Waals surface area contributed by atoms with Crippen LogP contribution in [0.5, 0.6) is 0 Å². The molecular formula is C19H19N3O3S. The highest BCUT2D eigenvalue weighted by Crippen LogP contribution is 2.30. The quantitative estimate of drug-likeness (QED) is 0.768. The molecule has 0 aliphatic carbocycles. The van der Waals surface area contributed by atoms with Gasteiger partial charge in [0.05, 0.1) is 41.8 Å². The highest BCUT2D eigenvalue weighted by molar-refractivity contribution is 7.17. The van der Waals surface area contributed by atoms with Crippen LogP contribution in [0.3, 0.4) is 0 Å². The number of aliphatic hydroxyl groups excluding tert-OH is 1. The van der Waals surface area contributed by atoms with Gasteiger partial charge in [-0.25, -0.2) is 9.97 Å². The van der Waals surface area contributed by atoms with Crippen molar-refractivity contribution >= 4 is 27.5 Å². The number of benzene rings is 1. The molecule has 2 aromatic heterocycles. The number of amides is 1. The Morgan fingerprint density at radius 2 is 2.12 bits per heavy atom. The second-order valence-electron chi connectivity index (χ2n) is 6.24. The topological polar surface area (TPSA) is 75.6 Å². The van der Waals surface area contributed by atoms with Crippen LogP contribution in [0.25, 0.3) is 21.5 Å². The van der Waals surface area contributed by atoms with E-state index in [1.54, 1.807) is 16.2 Å². The standard InChI is InChI=1S/C19H19N3O3S/c1-12-20-16-6-9-26-18(16)17(21-12)13-2-4-14(5-3-13)19(24)22-7-8-25-11-15(22)10-23/h2-6,9,15,23H,7-8,10-11H2,1H3. The minimum Gasteiger partial charge on any atom is -0.394 e. The summed E-state index contributed by atoms with van der Waals surface area (Å²) in [7, 11) is 0. The molecule has 1 unspecified atom stereocenters. The molecule has 4 rings (SSSR count). The molecule has 1 atom stereocenters. The Morgan fingerprint density at radius 3 is 2.88 bits per heavy atom. The van der Waals surface area contributed by atoms with E-state index in [1.807, 2.05) is 42.6 Å². The molecule has 0 saturated carbocycles. The maximum Gasteiger partial charge on any atom is 0.254 e. The van der Waals surface area contributed by atoms with Crippen LogP contribution in [0.15, 0.2) is 35.7 Å². The van der Waals surface area contributed by atoms with E-state index >= 15 is 0 Å². The van der Waals surface area contributed by atoms with Gasteiger partial charge in [-0.1, -0.05) is 12.1 Å². The molecule has 7 heteroatoms. The Kier molecular flexibility index (Phi) is 4.67. The van der Waals surface area contributed by atoms with Crippen LogP contribution in [0, 0.1) is 6.92 Å². The van der Waals surface area contributed by atoms with Crippen molar-refractivity contribution in [1.29, 1.82) is 0 Å². The number of carbonyl (C=O) groups excluding carboxylic acids is 1. The van der Waals surface area contributed by atoms with Crippen LogP contribution < -0.4 is 0 Å². The van der Waals surface area contributed by atoms with Gasteiger partial charge in [0, 0.05) is 17.7 Å². The van der Waals surface area contributed by atoms with E-state index in [4.69, 9.17) is 4.74 Å². The first kappa shape index (κ1) is 17.1. The average molecular weight is 369 g/mol. The van der Waals surface area contributed by atoms with Gasteiger partial charge in [-0.05, 0) is 30.5 Å². The zero-order valence-electron chi connectivity index (χ0n) is 14.4. The third-order valence-electron chi connectivity index (χ3n) is 4.52. The molecular weight excluding hydrogens is 350 g/mol. The lowest BCUT2D eigenvalue weighted by Gasteiger charge is -2.34. The van der Waals surface area contributed by atoms with Gasteiger partial charge in [-0.2, -0.15) is 0 Å². The van der Waals surface area contributed by atoms with Crippen molar-refractivity contribution < 1.29 is 14.6 Å². The highest BCUT2D eigenvalue weighted by Gasteiger charge is 2.27. The van der Waals surface area contributed by atoms with Crippen molar-refractivity contribution in [3.8, 4) is 11.3 Å². The fourth-order valence-electron chi connectivity index (χ4n) is 3.19. The van der Waals surface area contributed by atoms with Crippen LogP contribution in [-0.2, 0) is 4.74 Å². The largest absolute Gasteiger partial charge is 0.394 e. The van der Waals surface area contributed by atoms with E-state index in [0.717, 1.165) is 27.3 Å². The molecule has 1 N–H and O–H groups in total. The minimum atomic E-state index is -0.286. The van der Waals surface area contributed by atoms with Crippen LogP contribution in [0.2, 0.25) is 0 Å². The minimum absolute atomic E-state index is 0.0842. The summed E-state index contributed by atoms with van der Waals surface area (Å²) in [4.78, 5) is 23.5. The maximum atomic E-state index is 12.8. The Bertz CT molecular complexity index is 939. The zero-order valence-corrected chi connectivity index (χ0v) is 15.2. The van der Waals surface area contributed by atoms with Crippen molar-refractivity contribution in [2.24, 2.45) is 0 Å². The molecule has 1 amide bonds. The summed E-state index contributed by atoms with van der Waals surface area (Å²) in [5.41, 5.74) is 3.39. The van der Waals surface area contributed by atoms with E-state index in [2.05, 4.69) is 9.97 Å². The number of aliphatic hydroxyl groups is 1. The second kappa shape index (κ2) is 7.11. The molecule has 26 heavy (non-hydrogen) atoms. The van der Waals surface area contributed by atoms with Gasteiger partial charge < -0.3 is 14.7 Å². The molecule has 3 heterocycles. The summed E-state index contributed by atoms with van der Waals surface area (Å²) in [5, 5.41) is 11.5. The molecule has 1 aliphatic heterocycles. The lowest BCUT2D eigenvalue weighted by Crippen LogP contribution is -2.50. The summed E-state index contributed by atoms with van der Waals surface area (Å²) in [6, 6.07) is 9.18. The summed E-state index contributed by atoms with van der Waals surface area (Å²) in [6.45, 7) is 3.15. The van der Waals surface area contributed by atoms with Crippen molar-refractivity contribution in [1.82, 2.24) is 14.9 Å². The first-order valence-corrected chi connectivity index (χ1v) is 9.37. The van der Waals surface area contributed by atoms with Gasteiger partial charge in [-0.3, -0.25) is 4.79 Å². The molecule has 0 radical (unpaired) electrons. The van der Waals surface area contributed by atoms with Crippen molar-refractivity contribution in [2.75, 3.05) is 26.4 Å². The molecule has 1 fully saturated rings. The zero-order chi connectivity index (χ0) is 18.1. The predicted octanol–water partition coefficient (Wildman–Crippen LogP) is 2.50. The number of hydrogen-bond donors (Lipinski definition) is 1. The van der Waals surface area contributed by atoms with Crippen LogP contribution >= 0.6 is 11.3 Å². The lowest BCUT2D eigenvalue weighted by molar-refractivity contribution is -0.0183. The number of ether oxygens (including phenoxy) is 1. The summed E-state index contributed by atoms with van der Waals surface area (Å²) >= 11 is 1.61. The van der Waals surface area contributed by atoms with E-state index in [0.29, 0.717) is 25.3 Å². The van der Waals surface area contributed by atoms with E-state index in [1.165, 1.54) is 0 Å². The van der Waals surface area contributed by atoms with Crippen LogP contribution in [0.1, 0.15) is 16.2 Å². The molecule has 1 aliphatic rings. The number of fused-ring (bicyclic) bond motifs is 1. The van der Waals surface area contributed by atoms with Gasteiger partial charge in [0.2, 0.25) is 0 Å². The first-order chi connectivity index (χ1) is 12.7. The van der Waals surface area contributed by atoms with Crippen LogP contribution in [-0.4, -0.2) is 58.3 Å². The Balaban J connectivity index is 1.64. The van der Waals surface area contributed by atoms with Crippen molar-refractivity contribution in [3.05, 3.63) is 47.1 Å². The number of nitrogens with zero attached hydrogens (tertiary/aromatic N) is 3. The molecule has 0 spiro atoms. The smallest absolute Gasteiger partial charge is 0.254 e. The van der Waals surface area contributed by atoms with Gasteiger partial charge >= 0.3 is 0 Å². The third kappa shape index (κ3) is 3.09. The molecule has 3 aromatic rings. The SMILES string of the molecule is Cc1nc(-c2ccc(C(=O)N3CCOCC3CO)cc2)c2sccc2n1. The van der Waals surface area contributed by atoms with E-state index in [-0.39, 0.29) is 18.6 Å². The monoisotopic (exact) mass is 369 g/mol. The summed E-state index contributed by atoms with van der Waals surface area (Å²) < 4.78 is 6.39. The van der Waals surface area contributed by atoms with E-state index < -0.39 is 0 Å². The molecule has 0 bridgehead atoms. The molecule has 6 nitrogen and oxygen atoms in total. The summed E-state index contributed by atoms with van der Waals surface area (Å²) in [6.07, 6.45) is 0. The second-order valence-corrected chi connectivity index (χ2v) is 7.16. The fraction of sp³-hybridized carbons (Fsp3) is 0.316. The van der Waals surface area contributed by atoms with Gasteiger partial charge in [-0.15, -0.1) is 11.3 Å². The number of rotatable bonds is 3. The lowest BCUT2D eigenvalue weighted by atomic mass is 10.1.